The van der Waals surface area contributed by atoms with Crippen LogP contribution in [0, 0.1) is 16.7 Å². The van der Waals surface area contributed by atoms with Crippen molar-refractivity contribution in [3.63, 3.8) is 0 Å². The Morgan fingerprint density at radius 2 is 1.77 bits per heavy atom. The molecular weight excluding hydrogens is 628 g/mol. The number of aliphatic hydroxyl groups excluding tert-OH is 2. The summed E-state index contributed by atoms with van der Waals surface area (Å²) in [6, 6.07) is -0.442. The summed E-state index contributed by atoms with van der Waals surface area (Å²) in [4.78, 5) is 53.9. The number of aromatic nitrogens is 4. The van der Waals surface area contributed by atoms with Gasteiger partial charge in [-0.15, -0.1) is 0 Å². The van der Waals surface area contributed by atoms with Gasteiger partial charge in [-0.1, -0.05) is 13.8 Å². The molecule has 16 nitrogen and oxygen atoms in total. The highest BCUT2D eigenvalue weighted by molar-refractivity contribution is 7.71. The van der Waals surface area contributed by atoms with Gasteiger partial charge >= 0.3 is 13.6 Å². The number of carbonyl (C=O) groups is 1. The summed E-state index contributed by atoms with van der Waals surface area (Å²) in [5.74, 6) is -0.691. The van der Waals surface area contributed by atoms with Gasteiger partial charge in [-0.3, -0.25) is 19.0 Å². The second-order valence-corrected chi connectivity index (χ2v) is 18.1. The van der Waals surface area contributed by atoms with Crippen molar-refractivity contribution in [2.45, 2.75) is 82.5 Å². The Hall–Kier alpha value is -1.71. The fourth-order valence-corrected chi connectivity index (χ4v) is 11.8. The van der Waals surface area contributed by atoms with Crippen LogP contribution >= 0.6 is 26.7 Å². The van der Waals surface area contributed by atoms with Crippen molar-refractivity contribution in [1.82, 2.24) is 29.9 Å². The molecule has 238 valence electrons. The van der Waals surface area contributed by atoms with Crippen LogP contribution in [0.4, 0.5) is 10.6 Å². The maximum atomic E-state index is 13.3. The third-order valence-electron chi connectivity index (χ3n) is 9.16. The van der Waals surface area contributed by atoms with Crippen LogP contribution in [0.3, 0.4) is 0 Å². The number of nitrogens with one attached hydrogen (secondary N) is 3. The fourth-order valence-electron chi connectivity index (χ4n) is 8.79. The molecule has 0 radical (unpaired) electrons. The monoisotopic (exact) mass is 663 g/mol. The maximum Gasteiger partial charge on any atom is 0.336 e. The maximum absolute atomic E-state index is 13.3. The van der Waals surface area contributed by atoms with Gasteiger partial charge in [0.25, 0.3) is 7.52 Å². The first-order chi connectivity index (χ1) is 19.9. The van der Waals surface area contributed by atoms with Crippen molar-refractivity contribution in [3.05, 3.63) is 11.6 Å². The van der Waals surface area contributed by atoms with Gasteiger partial charge in [0.05, 0.1) is 6.33 Å². The van der Waals surface area contributed by atoms with Crippen LogP contribution in [-0.2, 0) is 13.9 Å². The zero-order chi connectivity index (χ0) is 31.2. The largest absolute Gasteiger partial charge is 0.387 e. The van der Waals surface area contributed by atoms with Gasteiger partial charge in [0, 0.05) is 12.1 Å². The lowest BCUT2D eigenvalue weighted by Gasteiger charge is -2.65. The second kappa shape index (κ2) is 10.4. The van der Waals surface area contributed by atoms with Gasteiger partial charge in [0.2, 0.25) is 5.28 Å². The van der Waals surface area contributed by atoms with Crippen molar-refractivity contribution in [2.75, 3.05) is 17.8 Å². The van der Waals surface area contributed by atoms with E-state index in [1.165, 1.54) is 23.7 Å². The number of hydrogen-bond acceptors (Lipinski definition) is 9. The Balaban J connectivity index is 1.18. The number of amides is 2. The van der Waals surface area contributed by atoms with Crippen LogP contribution in [0.1, 0.15) is 58.6 Å². The molecule has 2 aromatic heterocycles. The van der Waals surface area contributed by atoms with Gasteiger partial charge in [-0.25, -0.2) is 14.9 Å². The molecule has 4 bridgehead atoms. The predicted octanol–water partition coefficient (Wildman–Crippen LogP) is 1.88. The van der Waals surface area contributed by atoms with Gasteiger partial charge in [0.15, 0.2) is 23.2 Å². The summed E-state index contributed by atoms with van der Waals surface area (Å²) in [5, 5.41) is 29.2. The molecule has 0 spiro atoms. The lowest BCUT2D eigenvalue weighted by molar-refractivity contribution is -0.113. The number of ether oxygens (including phenoxy) is 1. The molecule has 1 aliphatic heterocycles. The molecule has 1 saturated heterocycles. The summed E-state index contributed by atoms with van der Waals surface area (Å²) in [5.41, 5.74) is 0.313. The minimum atomic E-state index is -4.80. The van der Waals surface area contributed by atoms with Crippen LogP contribution in [0.15, 0.2) is 6.33 Å². The van der Waals surface area contributed by atoms with Crippen LogP contribution in [-0.4, -0.2) is 86.7 Å². The van der Waals surface area contributed by atoms with E-state index in [1.807, 2.05) is 0 Å². The molecule has 5 fully saturated rings. The van der Waals surface area contributed by atoms with Crippen LogP contribution in [0.25, 0.3) is 11.2 Å². The number of rotatable bonds is 8. The smallest absolute Gasteiger partial charge is 0.336 e. The van der Waals surface area contributed by atoms with Crippen LogP contribution < -0.4 is 15.7 Å². The zero-order valence-electron chi connectivity index (χ0n) is 23.6. The third-order valence-corrected chi connectivity index (χ3v) is 13.0. The van der Waals surface area contributed by atoms with Crippen molar-refractivity contribution in [1.29, 1.82) is 0 Å². The van der Waals surface area contributed by atoms with E-state index in [-0.39, 0.29) is 38.6 Å². The summed E-state index contributed by atoms with van der Waals surface area (Å²) in [7, 11) is -9.28. The standard InChI is InChI=1S/C24H36ClN7O9P2/c1-22-3-12-4-23(2,7-22)9-24(5-12,8-22)31-21(35)29-17-14-18(30-20(25)28-17)32(10-26-14)19-16(34)15(33)13(41-19)6-27-42(36,37)11-43(38,39)40/h10,12-13,15-16,19,33-34H,3-9,11H2,1-2H3,(H2,27,36,37)(H2,38,39,40)(H2,28,29,30,31,35)/t12?,13-,15?,16?,19-,22-,23+,24?/m1/s1. The topological polar surface area (TPSA) is 241 Å². The van der Waals surface area contributed by atoms with E-state index in [2.05, 4.69) is 44.5 Å². The van der Waals surface area contributed by atoms with Crippen LogP contribution in [0.2, 0.25) is 5.28 Å². The number of imidazole rings is 1. The number of aliphatic hydroxyl groups is 2. The molecule has 19 heteroatoms. The quantitative estimate of drug-likeness (QED) is 0.149. The van der Waals surface area contributed by atoms with Gasteiger partial charge in [-0.05, 0) is 66.9 Å². The van der Waals surface area contributed by atoms with E-state index in [9.17, 15) is 29.0 Å². The summed E-state index contributed by atoms with van der Waals surface area (Å²) >= 11 is 6.21. The summed E-state index contributed by atoms with van der Waals surface area (Å²) < 4.78 is 30.3. The minimum absolute atomic E-state index is 0.0401. The molecule has 8 N–H and O–H groups in total. The molecule has 9 atom stereocenters. The highest BCUT2D eigenvalue weighted by Gasteiger charge is 2.60. The lowest BCUT2D eigenvalue weighted by atomic mass is 9.43. The first kappa shape index (κ1) is 31.3. The molecule has 0 aromatic carbocycles. The molecule has 5 aliphatic rings. The molecule has 43 heavy (non-hydrogen) atoms. The summed E-state index contributed by atoms with van der Waals surface area (Å²) in [6.07, 6.45) is 1.94. The number of fused-ring (bicyclic) bond motifs is 1. The molecule has 2 amide bonds. The summed E-state index contributed by atoms with van der Waals surface area (Å²) in [6.45, 7) is 4.12. The Morgan fingerprint density at radius 3 is 2.40 bits per heavy atom. The Bertz CT molecular complexity index is 1540. The Kier molecular flexibility index (Phi) is 7.57. The molecule has 5 unspecified atom stereocenters. The molecule has 4 aliphatic carbocycles. The third kappa shape index (κ3) is 6.24. The molecule has 2 aromatic rings. The van der Waals surface area contributed by atoms with Crippen molar-refractivity contribution in [2.24, 2.45) is 16.7 Å². The van der Waals surface area contributed by atoms with Crippen molar-refractivity contribution in [3.8, 4) is 0 Å². The van der Waals surface area contributed by atoms with E-state index in [1.54, 1.807) is 0 Å². The fraction of sp³-hybridized carbons (Fsp3) is 0.750. The number of hydrogen-bond donors (Lipinski definition) is 8. The predicted molar refractivity (Wildman–Crippen MR) is 153 cm³/mol. The number of halogens is 1. The normalized spacial score (nSPS) is 38.4. The van der Waals surface area contributed by atoms with Gasteiger partial charge in [0.1, 0.15) is 24.2 Å². The number of carbonyl (C=O) groups excluding carboxylic acids is 1. The highest BCUT2D eigenvalue weighted by Crippen LogP contribution is 2.66. The zero-order valence-corrected chi connectivity index (χ0v) is 26.1. The molecule has 4 saturated carbocycles. The van der Waals surface area contributed by atoms with Gasteiger partial charge in [-0.2, -0.15) is 9.97 Å². The van der Waals surface area contributed by atoms with E-state index in [4.69, 9.17) is 26.1 Å². The molecular formula is C24H36ClN7O9P2. The first-order valence-corrected chi connectivity index (χ1v) is 18.0. The van der Waals surface area contributed by atoms with Crippen molar-refractivity contribution >= 4 is 49.7 Å². The lowest BCUT2D eigenvalue weighted by Crippen LogP contribution is -2.65. The average Bonchev–Trinajstić information content (AvgIpc) is 3.34. The van der Waals surface area contributed by atoms with E-state index in [0.29, 0.717) is 5.92 Å². The van der Waals surface area contributed by atoms with E-state index < -0.39 is 58.1 Å². The SMILES string of the molecule is C[C@]12CC3CC(NC(=O)Nc4nc(Cl)nc5c4ncn5[C@@H]4O[C@H](CNP(=O)(O)CP(=O)(O)O)C(O)C4O)(C1)C[C@@](C)(C3)C2. The van der Waals surface area contributed by atoms with Crippen LogP contribution in [0.5, 0.6) is 0 Å². The average molecular weight is 664 g/mol. The highest BCUT2D eigenvalue weighted by atomic mass is 35.5. The second-order valence-electron chi connectivity index (χ2n) is 13.6. The van der Waals surface area contributed by atoms with E-state index in [0.717, 1.165) is 25.7 Å². The van der Waals surface area contributed by atoms with Gasteiger partial charge < -0.3 is 34.9 Å². The first-order valence-electron chi connectivity index (χ1n) is 14.0. The van der Waals surface area contributed by atoms with E-state index >= 15 is 0 Å². The molecule has 3 heterocycles. The Morgan fingerprint density at radius 1 is 1.09 bits per heavy atom. The number of anilines is 1. The Labute approximate surface area is 251 Å². The molecule has 7 rings (SSSR count). The number of nitrogens with zero attached hydrogens (tertiary/aromatic N) is 4. The minimum Gasteiger partial charge on any atom is -0.387 e. The number of urea groups is 1. The van der Waals surface area contributed by atoms with Crippen molar-refractivity contribution < 1.29 is 43.6 Å².